The van der Waals surface area contributed by atoms with Crippen LogP contribution in [-0.4, -0.2) is 69.5 Å². The maximum absolute atomic E-state index is 13.4. The van der Waals surface area contributed by atoms with Crippen molar-refractivity contribution in [1.29, 1.82) is 0 Å². The van der Waals surface area contributed by atoms with E-state index in [0.717, 1.165) is 68.5 Å². The average Bonchev–Trinajstić information content (AvgIpc) is 3.41. The van der Waals surface area contributed by atoms with Crippen molar-refractivity contribution in [1.82, 2.24) is 24.6 Å². The molecule has 7 nitrogen and oxygen atoms in total. The smallest absolute Gasteiger partial charge is 0.255 e. The van der Waals surface area contributed by atoms with Crippen LogP contribution in [0.5, 0.6) is 0 Å². The Morgan fingerprint density at radius 3 is 2.70 bits per heavy atom. The highest BCUT2D eigenvalue weighted by Gasteiger charge is 2.28. The average molecular weight is 452 g/mol. The second-order valence-electron chi connectivity index (χ2n) is 9.29. The van der Waals surface area contributed by atoms with Gasteiger partial charge >= 0.3 is 0 Å². The first-order valence-corrected chi connectivity index (χ1v) is 11.8. The number of carbonyl (C=O) groups excluding carboxylic acids is 2. The quantitative estimate of drug-likeness (QED) is 0.578. The normalized spacial score (nSPS) is 18.2. The molecule has 2 aliphatic rings. The summed E-state index contributed by atoms with van der Waals surface area (Å²) in [6.07, 6.45) is 6.37. The molecule has 0 spiro atoms. The minimum absolute atomic E-state index is 0.0587. The maximum atomic E-state index is 13.4. The fourth-order valence-electron chi connectivity index (χ4n) is 5.21. The van der Waals surface area contributed by atoms with E-state index in [1.165, 1.54) is 12.1 Å². The van der Waals surface area contributed by atoms with E-state index in [9.17, 15) is 14.0 Å². The van der Waals surface area contributed by atoms with Gasteiger partial charge in [-0.05, 0) is 69.6 Å². The Morgan fingerprint density at radius 2 is 1.88 bits per heavy atom. The van der Waals surface area contributed by atoms with Crippen molar-refractivity contribution >= 4 is 22.6 Å². The van der Waals surface area contributed by atoms with Gasteiger partial charge in [0.05, 0.1) is 22.5 Å². The highest BCUT2D eigenvalue weighted by Crippen LogP contribution is 2.31. The lowest BCUT2D eigenvalue weighted by molar-refractivity contribution is 0.0798. The van der Waals surface area contributed by atoms with Gasteiger partial charge in [-0.25, -0.2) is 4.39 Å². The number of likely N-dealkylation sites (tertiary alicyclic amines) is 1. The van der Waals surface area contributed by atoms with Crippen LogP contribution in [0.3, 0.4) is 0 Å². The van der Waals surface area contributed by atoms with E-state index in [4.69, 9.17) is 0 Å². The van der Waals surface area contributed by atoms with E-state index >= 15 is 0 Å². The number of nitrogens with one attached hydrogen (secondary N) is 1. The number of Topliss-reactive ketones (excluding diaryl/α,β-unsaturated/α-hetero) is 1. The number of aromatic nitrogens is 3. The molecule has 0 bridgehead atoms. The van der Waals surface area contributed by atoms with Crippen LogP contribution < -0.4 is 0 Å². The summed E-state index contributed by atoms with van der Waals surface area (Å²) in [6.45, 7) is 4.31. The number of ketones is 1. The van der Waals surface area contributed by atoms with Crippen LogP contribution in [0.1, 0.15) is 64.6 Å². The first-order chi connectivity index (χ1) is 16.0. The molecule has 1 amide bonds. The number of rotatable bonds is 6. The minimum Gasteiger partial charge on any atom is -0.344 e. The number of aromatic amines is 1. The van der Waals surface area contributed by atoms with Crippen LogP contribution >= 0.6 is 0 Å². The Kier molecular flexibility index (Phi) is 6.01. The SMILES string of the molecule is CN1CCC(=O)c2c(ccn2CCCCN2CCC(c3n[nH]c4cc(F)ccc34)CC2)C1=O. The Balaban J connectivity index is 1.11. The molecule has 2 aliphatic heterocycles. The zero-order valence-electron chi connectivity index (χ0n) is 19.0. The Labute approximate surface area is 192 Å². The number of hydrogen-bond donors (Lipinski definition) is 1. The van der Waals surface area contributed by atoms with E-state index in [2.05, 4.69) is 15.1 Å². The monoisotopic (exact) mass is 451 g/mol. The van der Waals surface area contributed by atoms with Crippen LogP contribution in [0.15, 0.2) is 30.5 Å². The second kappa shape index (κ2) is 9.09. The van der Waals surface area contributed by atoms with Gasteiger partial charge in [0.25, 0.3) is 5.91 Å². The summed E-state index contributed by atoms with van der Waals surface area (Å²) in [4.78, 5) is 29.1. The summed E-state index contributed by atoms with van der Waals surface area (Å²) in [5.41, 5.74) is 2.94. The lowest BCUT2D eigenvalue weighted by Gasteiger charge is -2.31. The Bertz CT molecular complexity index is 1170. The number of aryl methyl sites for hydroxylation is 1. The van der Waals surface area contributed by atoms with Crippen LogP contribution in [0.4, 0.5) is 4.39 Å². The molecule has 8 heteroatoms. The summed E-state index contributed by atoms with van der Waals surface area (Å²) in [6, 6.07) is 6.62. The van der Waals surface area contributed by atoms with Gasteiger partial charge in [0.15, 0.2) is 5.78 Å². The maximum Gasteiger partial charge on any atom is 0.255 e. The van der Waals surface area contributed by atoms with Gasteiger partial charge in [-0.1, -0.05) is 0 Å². The molecule has 5 rings (SSSR count). The van der Waals surface area contributed by atoms with Gasteiger partial charge in [0.2, 0.25) is 0 Å². The molecule has 2 aromatic heterocycles. The lowest BCUT2D eigenvalue weighted by Crippen LogP contribution is -2.34. The summed E-state index contributed by atoms with van der Waals surface area (Å²) < 4.78 is 15.4. The number of H-pyrrole nitrogens is 1. The highest BCUT2D eigenvalue weighted by atomic mass is 19.1. The number of amides is 1. The van der Waals surface area contributed by atoms with Crippen molar-refractivity contribution in [3.63, 3.8) is 0 Å². The highest BCUT2D eigenvalue weighted by molar-refractivity contribution is 6.08. The van der Waals surface area contributed by atoms with Crippen LogP contribution in [0, 0.1) is 5.82 Å². The Hall–Kier alpha value is -3.00. The number of nitrogens with zero attached hydrogens (tertiary/aromatic N) is 4. The third kappa shape index (κ3) is 4.31. The molecule has 174 valence electrons. The predicted molar refractivity (Wildman–Crippen MR) is 124 cm³/mol. The molecular formula is C25H30FN5O2. The number of unbranched alkanes of at least 4 members (excludes halogenated alkanes) is 1. The van der Waals surface area contributed by atoms with Crippen LogP contribution in [0.2, 0.25) is 0 Å². The third-order valence-electron chi connectivity index (χ3n) is 7.13. The topological polar surface area (TPSA) is 74.2 Å². The molecule has 3 aromatic rings. The van der Waals surface area contributed by atoms with E-state index in [1.54, 1.807) is 18.0 Å². The number of piperidine rings is 1. The summed E-state index contributed by atoms with van der Waals surface area (Å²) in [7, 11) is 1.75. The first kappa shape index (κ1) is 21.8. The molecule has 1 aromatic carbocycles. The zero-order valence-corrected chi connectivity index (χ0v) is 19.0. The fraction of sp³-hybridized carbons (Fsp3) is 0.480. The number of hydrogen-bond acceptors (Lipinski definition) is 4. The van der Waals surface area contributed by atoms with Crippen LogP contribution in [0.25, 0.3) is 10.9 Å². The van der Waals surface area contributed by atoms with Crippen molar-refractivity contribution in [2.24, 2.45) is 0 Å². The minimum atomic E-state index is -0.244. The summed E-state index contributed by atoms with van der Waals surface area (Å²) in [5.74, 6) is 0.153. The van der Waals surface area contributed by atoms with Gasteiger partial charge in [-0.2, -0.15) is 5.10 Å². The molecule has 4 heterocycles. The van der Waals surface area contributed by atoms with Crippen molar-refractivity contribution in [2.45, 2.75) is 44.6 Å². The van der Waals surface area contributed by atoms with Crippen molar-refractivity contribution in [3.8, 4) is 0 Å². The van der Waals surface area contributed by atoms with Gasteiger partial charge in [0.1, 0.15) is 5.82 Å². The van der Waals surface area contributed by atoms with E-state index in [-0.39, 0.29) is 17.5 Å². The molecular weight excluding hydrogens is 421 g/mol. The third-order valence-corrected chi connectivity index (χ3v) is 7.13. The number of halogens is 1. The van der Waals surface area contributed by atoms with Crippen molar-refractivity contribution in [3.05, 3.63) is 53.2 Å². The summed E-state index contributed by atoms with van der Waals surface area (Å²) >= 11 is 0. The second-order valence-corrected chi connectivity index (χ2v) is 9.29. The van der Waals surface area contributed by atoms with Crippen molar-refractivity contribution < 1.29 is 14.0 Å². The fourth-order valence-corrected chi connectivity index (χ4v) is 5.21. The van der Waals surface area contributed by atoms with Gasteiger partial charge in [-0.3, -0.25) is 14.7 Å². The summed E-state index contributed by atoms with van der Waals surface area (Å²) in [5, 5.41) is 8.48. The number of fused-ring (bicyclic) bond motifs is 2. The van der Waals surface area contributed by atoms with E-state index < -0.39 is 0 Å². The van der Waals surface area contributed by atoms with Gasteiger partial charge in [0, 0.05) is 44.1 Å². The van der Waals surface area contributed by atoms with Gasteiger partial charge < -0.3 is 14.4 Å². The molecule has 0 saturated carbocycles. The molecule has 33 heavy (non-hydrogen) atoms. The molecule has 1 saturated heterocycles. The van der Waals surface area contributed by atoms with E-state index in [1.807, 2.05) is 16.8 Å². The van der Waals surface area contributed by atoms with Crippen LogP contribution in [-0.2, 0) is 6.54 Å². The molecule has 0 aliphatic carbocycles. The molecule has 0 radical (unpaired) electrons. The zero-order chi connectivity index (χ0) is 22.9. The lowest BCUT2D eigenvalue weighted by atomic mass is 9.91. The Morgan fingerprint density at radius 1 is 1.09 bits per heavy atom. The van der Waals surface area contributed by atoms with Crippen molar-refractivity contribution in [2.75, 3.05) is 33.2 Å². The first-order valence-electron chi connectivity index (χ1n) is 11.8. The molecule has 0 atom stereocenters. The molecule has 0 unspecified atom stereocenters. The standard InChI is InChI=1S/C25H30FN5O2/c1-29-12-9-22(32)24-20(25(29)33)8-15-31(24)11-3-2-10-30-13-6-17(7-14-30)23-19-5-4-18(26)16-21(19)27-28-23/h4-5,8,15-17H,2-3,6-7,9-14H2,1H3,(H,27,28). The number of carbonyl (C=O) groups is 2. The van der Waals surface area contributed by atoms with E-state index in [0.29, 0.717) is 30.1 Å². The van der Waals surface area contributed by atoms with Gasteiger partial charge in [-0.15, -0.1) is 0 Å². The molecule has 1 N–H and O–H groups in total. The largest absolute Gasteiger partial charge is 0.344 e. The predicted octanol–water partition coefficient (Wildman–Crippen LogP) is 3.82. The molecule has 1 fully saturated rings. The number of benzene rings is 1.